The van der Waals surface area contributed by atoms with E-state index in [0.717, 1.165) is 31.9 Å². The number of nitrogens with one attached hydrogen (secondary N) is 1. The molecule has 1 saturated heterocycles. The molecular weight excluding hydrogens is 200 g/mol. The minimum Gasteiger partial charge on any atom is -0.353 e. The maximum absolute atomic E-state index is 8.72. The number of pyridine rings is 1. The molecule has 4 nitrogen and oxygen atoms in total. The Kier molecular flexibility index (Phi) is 3.37. The highest BCUT2D eigenvalue weighted by Crippen LogP contribution is 2.17. The lowest BCUT2D eigenvalue weighted by molar-refractivity contribution is 0.640. The van der Waals surface area contributed by atoms with Crippen LogP contribution >= 0.6 is 0 Å². The molecule has 1 aliphatic heterocycles. The first-order valence-electron chi connectivity index (χ1n) is 5.68. The Morgan fingerprint density at radius 1 is 1.62 bits per heavy atom. The zero-order chi connectivity index (χ0) is 11.4. The standard InChI is InChI=1S/C12H16N4/c1-2-16(11-5-6-14-9-11)12-4-3-10(7-13)8-15-12/h3-4,8,11,14H,2,5-6,9H2,1H3. The Labute approximate surface area is 95.9 Å². The van der Waals surface area contributed by atoms with Gasteiger partial charge in [-0.2, -0.15) is 5.26 Å². The predicted octanol–water partition coefficient (Wildman–Crippen LogP) is 1.14. The van der Waals surface area contributed by atoms with Crippen LogP contribution in [0, 0.1) is 11.3 Å². The van der Waals surface area contributed by atoms with Crippen molar-refractivity contribution in [1.82, 2.24) is 10.3 Å². The van der Waals surface area contributed by atoms with Crippen molar-refractivity contribution in [2.45, 2.75) is 19.4 Å². The summed E-state index contributed by atoms with van der Waals surface area (Å²) < 4.78 is 0. The molecule has 0 saturated carbocycles. The maximum Gasteiger partial charge on any atom is 0.128 e. The molecule has 0 amide bonds. The minimum absolute atomic E-state index is 0.533. The summed E-state index contributed by atoms with van der Waals surface area (Å²) in [5, 5.41) is 12.1. The van der Waals surface area contributed by atoms with E-state index in [1.807, 2.05) is 12.1 Å². The number of aromatic nitrogens is 1. The van der Waals surface area contributed by atoms with Crippen LogP contribution in [-0.4, -0.2) is 30.7 Å². The van der Waals surface area contributed by atoms with Crippen molar-refractivity contribution in [3.63, 3.8) is 0 Å². The Morgan fingerprint density at radius 3 is 3.00 bits per heavy atom. The first kappa shape index (κ1) is 10.9. The number of rotatable bonds is 3. The molecule has 1 aliphatic rings. The van der Waals surface area contributed by atoms with E-state index in [4.69, 9.17) is 5.26 Å². The third-order valence-corrected chi connectivity index (χ3v) is 2.99. The molecular formula is C12H16N4. The second-order valence-electron chi connectivity index (χ2n) is 3.95. The first-order valence-corrected chi connectivity index (χ1v) is 5.68. The van der Waals surface area contributed by atoms with Crippen LogP contribution < -0.4 is 10.2 Å². The van der Waals surface area contributed by atoms with Crippen LogP contribution in [0.2, 0.25) is 0 Å². The van der Waals surface area contributed by atoms with Gasteiger partial charge in [-0.1, -0.05) is 0 Å². The number of nitrogens with zero attached hydrogens (tertiary/aromatic N) is 3. The number of anilines is 1. The minimum atomic E-state index is 0.533. The number of hydrogen-bond donors (Lipinski definition) is 1. The van der Waals surface area contributed by atoms with Crippen LogP contribution in [0.15, 0.2) is 18.3 Å². The Bertz CT molecular complexity index is 373. The van der Waals surface area contributed by atoms with Crippen molar-refractivity contribution in [1.29, 1.82) is 5.26 Å². The first-order chi connectivity index (χ1) is 7.85. The molecule has 0 aromatic carbocycles. The second kappa shape index (κ2) is 4.95. The Hall–Kier alpha value is -1.60. The van der Waals surface area contributed by atoms with Crippen LogP contribution in [0.25, 0.3) is 0 Å². The lowest BCUT2D eigenvalue weighted by Gasteiger charge is -2.28. The molecule has 1 N–H and O–H groups in total. The molecule has 1 aromatic heterocycles. The second-order valence-corrected chi connectivity index (χ2v) is 3.95. The van der Waals surface area contributed by atoms with Gasteiger partial charge in [0.25, 0.3) is 0 Å². The normalized spacial score (nSPS) is 19.4. The van der Waals surface area contributed by atoms with E-state index >= 15 is 0 Å². The Balaban J connectivity index is 2.16. The van der Waals surface area contributed by atoms with Gasteiger partial charge in [0.1, 0.15) is 11.9 Å². The van der Waals surface area contributed by atoms with Crippen LogP contribution in [0.4, 0.5) is 5.82 Å². The summed E-state index contributed by atoms with van der Waals surface area (Å²) in [5.74, 6) is 0.968. The summed E-state index contributed by atoms with van der Waals surface area (Å²) in [4.78, 5) is 6.63. The molecule has 1 aromatic rings. The third kappa shape index (κ3) is 2.15. The van der Waals surface area contributed by atoms with Crippen molar-refractivity contribution in [3.8, 4) is 6.07 Å². The zero-order valence-corrected chi connectivity index (χ0v) is 9.48. The summed E-state index contributed by atoms with van der Waals surface area (Å²) in [6, 6.07) is 6.38. The number of nitriles is 1. The van der Waals surface area contributed by atoms with Gasteiger partial charge in [-0.05, 0) is 32.0 Å². The fourth-order valence-electron chi connectivity index (χ4n) is 2.13. The van der Waals surface area contributed by atoms with Crippen molar-refractivity contribution < 1.29 is 0 Å². The summed E-state index contributed by atoms with van der Waals surface area (Å²) >= 11 is 0. The van der Waals surface area contributed by atoms with E-state index in [9.17, 15) is 0 Å². The summed E-state index contributed by atoms with van der Waals surface area (Å²) in [5.41, 5.74) is 0.615. The summed E-state index contributed by atoms with van der Waals surface area (Å²) in [6.07, 6.45) is 2.80. The van der Waals surface area contributed by atoms with Gasteiger partial charge in [-0.3, -0.25) is 0 Å². The largest absolute Gasteiger partial charge is 0.353 e. The molecule has 84 valence electrons. The molecule has 2 rings (SSSR count). The zero-order valence-electron chi connectivity index (χ0n) is 9.48. The molecule has 1 atom stereocenters. The number of hydrogen-bond acceptors (Lipinski definition) is 4. The van der Waals surface area contributed by atoms with Gasteiger partial charge in [-0.25, -0.2) is 4.98 Å². The van der Waals surface area contributed by atoms with Gasteiger partial charge in [-0.15, -0.1) is 0 Å². The van der Waals surface area contributed by atoms with E-state index < -0.39 is 0 Å². The summed E-state index contributed by atoms with van der Waals surface area (Å²) in [7, 11) is 0. The lowest BCUT2D eigenvalue weighted by Crippen LogP contribution is -2.37. The smallest absolute Gasteiger partial charge is 0.128 e. The SMILES string of the molecule is CCN(c1ccc(C#N)cn1)C1CCNC1. The van der Waals surface area contributed by atoms with Crippen molar-refractivity contribution in [2.75, 3.05) is 24.5 Å². The van der Waals surface area contributed by atoms with Crippen molar-refractivity contribution in [3.05, 3.63) is 23.9 Å². The average Bonchev–Trinajstić information content (AvgIpc) is 2.85. The molecule has 4 heteroatoms. The molecule has 16 heavy (non-hydrogen) atoms. The molecule has 0 aliphatic carbocycles. The lowest BCUT2D eigenvalue weighted by atomic mass is 10.2. The van der Waals surface area contributed by atoms with Gasteiger partial charge in [0.15, 0.2) is 0 Å². The molecule has 0 radical (unpaired) electrons. The van der Waals surface area contributed by atoms with E-state index in [2.05, 4.69) is 28.2 Å². The van der Waals surface area contributed by atoms with Gasteiger partial charge in [0.2, 0.25) is 0 Å². The van der Waals surface area contributed by atoms with Gasteiger partial charge in [0.05, 0.1) is 5.56 Å². The molecule has 1 unspecified atom stereocenters. The maximum atomic E-state index is 8.72. The summed E-state index contributed by atoms with van der Waals surface area (Å²) in [6.45, 7) is 5.19. The van der Waals surface area contributed by atoms with E-state index in [-0.39, 0.29) is 0 Å². The quantitative estimate of drug-likeness (QED) is 0.823. The number of likely N-dealkylation sites (N-methyl/N-ethyl adjacent to an activating group) is 1. The highest BCUT2D eigenvalue weighted by molar-refractivity contribution is 5.43. The van der Waals surface area contributed by atoms with Crippen LogP contribution in [0.1, 0.15) is 18.9 Å². The topological polar surface area (TPSA) is 52.0 Å². The fraction of sp³-hybridized carbons (Fsp3) is 0.500. The molecule has 0 bridgehead atoms. The van der Waals surface area contributed by atoms with E-state index in [1.54, 1.807) is 6.20 Å². The Morgan fingerprint density at radius 2 is 2.50 bits per heavy atom. The van der Waals surface area contributed by atoms with Gasteiger partial charge >= 0.3 is 0 Å². The van der Waals surface area contributed by atoms with Gasteiger partial charge in [0, 0.05) is 25.3 Å². The highest BCUT2D eigenvalue weighted by atomic mass is 15.2. The average molecular weight is 216 g/mol. The monoisotopic (exact) mass is 216 g/mol. The molecule has 0 spiro atoms. The van der Waals surface area contributed by atoms with Crippen molar-refractivity contribution >= 4 is 5.82 Å². The van der Waals surface area contributed by atoms with Crippen LogP contribution in [0.5, 0.6) is 0 Å². The molecule has 2 heterocycles. The van der Waals surface area contributed by atoms with E-state index in [0.29, 0.717) is 11.6 Å². The molecule has 1 fully saturated rings. The predicted molar refractivity (Wildman–Crippen MR) is 63.2 cm³/mol. The van der Waals surface area contributed by atoms with Crippen molar-refractivity contribution in [2.24, 2.45) is 0 Å². The van der Waals surface area contributed by atoms with Crippen LogP contribution in [-0.2, 0) is 0 Å². The fourth-order valence-corrected chi connectivity index (χ4v) is 2.13. The highest BCUT2D eigenvalue weighted by Gasteiger charge is 2.21. The van der Waals surface area contributed by atoms with Crippen LogP contribution in [0.3, 0.4) is 0 Å². The van der Waals surface area contributed by atoms with Gasteiger partial charge < -0.3 is 10.2 Å². The van der Waals surface area contributed by atoms with E-state index in [1.165, 1.54) is 0 Å². The third-order valence-electron chi connectivity index (χ3n) is 2.99.